The average molecular weight is 266 g/mol. The highest BCUT2D eigenvalue weighted by Gasteiger charge is 2.28. The lowest BCUT2D eigenvalue weighted by molar-refractivity contribution is -0.149. The zero-order valence-electron chi connectivity index (χ0n) is 11.1. The molecule has 0 spiro atoms. The summed E-state index contributed by atoms with van der Waals surface area (Å²) >= 11 is 0. The molecule has 1 aromatic rings. The Morgan fingerprint density at radius 2 is 2.05 bits per heavy atom. The summed E-state index contributed by atoms with van der Waals surface area (Å²) in [4.78, 5) is 11.6. The van der Waals surface area contributed by atoms with Crippen LogP contribution in [0.25, 0.3) is 0 Å². The lowest BCUT2D eigenvalue weighted by atomic mass is 9.87. The fourth-order valence-electron chi connectivity index (χ4n) is 2.41. The van der Waals surface area contributed by atoms with Gasteiger partial charge in [0, 0.05) is 6.07 Å². The van der Waals surface area contributed by atoms with E-state index < -0.39 is 0 Å². The number of benzene rings is 1. The van der Waals surface area contributed by atoms with Crippen LogP contribution in [-0.2, 0) is 9.53 Å². The van der Waals surface area contributed by atoms with Crippen molar-refractivity contribution in [3.8, 4) is 5.75 Å². The largest absolute Gasteiger partial charge is 0.490 e. The Morgan fingerprint density at radius 3 is 2.68 bits per heavy atom. The first-order valence-electron chi connectivity index (χ1n) is 6.78. The molecule has 1 saturated carbocycles. The normalized spacial score (nSPS) is 22.8. The summed E-state index contributed by atoms with van der Waals surface area (Å²) in [5.74, 6) is 0.149. The van der Waals surface area contributed by atoms with Crippen LogP contribution in [0.4, 0.5) is 4.39 Å². The number of hydrogen-bond acceptors (Lipinski definition) is 3. The van der Waals surface area contributed by atoms with Crippen molar-refractivity contribution < 1.29 is 18.7 Å². The van der Waals surface area contributed by atoms with Gasteiger partial charge in [0.25, 0.3) is 0 Å². The number of esters is 1. The maximum absolute atomic E-state index is 13.0. The van der Waals surface area contributed by atoms with E-state index in [9.17, 15) is 9.18 Å². The molecule has 0 atom stereocenters. The van der Waals surface area contributed by atoms with Crippen molar-refractivity contribution in [3.05, 3.63) is 30.1 Å². The molecule has 0 bridgehead atoms. The fraction of sp³-hybridized carbons (Fsp3) is 0.533. The second-order valence-corrected chi connectivity index (χ2v) is 4.80. The molecule has 3 nitrogen and oxygen atoms in total. The number of halogens is 1. The standard InChI is InChI=1S/C15H19FO3/c1-2-18-15(17)11-6-8-13(9-7-11)19-14-5-3-4-12(16)10-14/h3-5,10-11,13H,2,6-9H2,1H3. The lowest BCUT2D eigenvalue weighted by Gasteiger charge is -2.27. The summed E-state index contributed by atoms with van der Waals surface area (Å²) in [6, 6.07) is 6.16. The van der Waals surface area contributed by atoms with Crippen molar-refractivity contribution in [2.24, 2.45) is 5.92 Å². The third-order valence-corrected chi connectivity index (χ3v) is 3.39. The van der Waals surface area contributed by atoms with E-state index in [0.29, 0.717) is 12.4 Å². The molecular weight excluding hydrogens is 247 g/mol. The molecule has 4 heteroatoms. The summed E-state index contributed by atoms with van der Waals surface area (Å²) in [5, 5.41) is 0. The summed E-state index contributed by atoms with van der Waals surface area (Å²) in [5.41, 5.74) is 0. The third-order valence-electron chi connectivity index (χ3n) is 3.39. The number of ether oxygens (including phenoxy) is 2. The van der Waals surface area contributed by atoms with E-state index >= 15 is 0 Å². The van der Waals surface area contributed by atoms with Crippen LogP contribution < -0.4 is 4.74 Å². The molecule has 1 aromatic carbocycles. The SMILES string of the molecule is CCOC(=O)C1CCC(Oc2cccc(F)c2)CC1. The van der Waals surface area contributed by atoms with E-state index in [1.54, 1.807) is 12.1 Å². The average Bonchev–Trinajstić information content (AvgIpc) is 2.40. The number of carbonyl (C=O) groups is 1. The van der Waals surface area contributed by atoms with E-state index in [1.807, 2.05) is 6.92 Å². The van der Waals surface area contributed by atoms with Crippen LogP contribution >= 0.6 is 0 Å². The molecule has 0 radical (unpaired) electrons. The van der Waals surface area contributed by atoms with Crippen molar-refractivity contribution in [1.82, 2.24) is 0 Å². The molecule has 0 aliphatic heterocycles. The van der Waals surface area contributed by atoms with Crippen LogP contribution in [-0.4, -0.2) is 18.7 Å². The monoisotopic (exact) mass is 266 g/mol. The lowest BCUT2D eigenvalue weighted by Crippen LogP contribution is -2.29. The van der Waals surface area contributed by atoms with Crippen LogP contribution in [0.3, 0.4) is 0 Å². The number of hydrogen-bond donors (Lipinski definition) is 0. The van der Waals surface area contributed by atoms with E-state index in [0.717, 1.165) is 25.7 Å². The van der Waals surface area contributed by atoms with Gasteiger partial charge in [-0.3, -0.25) is 4.79 Å². The van der Waals surface area contributed by atoms with E-state index in [2.05, 4.69) is 0 Å². The molecule has 0 N–H and O–H groups in total. The van der Waals surface area contributed by atoms with Gasteiger partial charge in [-0.2, -0.15) is 0 Å². The molecule has 1 fully saturated rings. The predicted molar refractivity (Wildman–Crippen MR) is 69.4 cm³/mol. The van der Waals surface area contributed by atoms with Gasteiger partial charge in [-0.05, 0) is 44.7 Å². The second kappa shape index (κ2) is 6.55. The Kier molecular flexibility index (Phi) is 4.77. The molecule has 0 unspecified atom stereocenters. The Hall–Kier alpha value is -1.58. The maximum Gasteiger partial charge on any atom is 0.308 e. The zero-order valence-corrected chi connectivity index (χ0v) is 11.1. The van der Waals surface area contributed by atoms with Crippen molar-refractivity contribution in [3.63, 3.8) is 0 Å². The first-order valence-corrected chi connectivity index (χ1v) is 6.78. The van der Waals surface area contributed by atoms with Crippen LogP contribution in [0.1, 0.15) is 32.6 Å². The van der Waals surface area contributed by atoms with Gasteiger partial charge in [-0.1, -0.05) is 6.07 Å². The summed E-state index contributed by atoms with van der Waals surface area (Å²) in [6.07, 6.45) is 3.23. The maximum atomic E-state index is 13.0. The van der Waals surface area contributed by atoms with Crippen molar-refractivity contribution in [2.45, 2.75) is 38.7 Å². The quantitative estimate of drug-likeness (QED) is 0.784. The van der Waals surface area contributed by atoms with Crippen LogP contribution in [0.5, 0.6) is 5.75 Å². The molecule has 0 heterocycles. The molecule has 0 aromatic heterocycles. The second-order valence-electron chi connectivity index (χ2n) is 4.80. The summed E-state index contributed by atoms with van der Waals surface area (Å²) in [7, 11) is 0. The Bertz CT molecular complexity index is 425. The highest BCUT2D eigenvalue weighted by atomic mass is 19.1. The Balaban J connectivity index is 1.82. The van der Waals surface area contributed by atoms with Crippen molar-refractivity contribution in [1.29, 1.82) is 0 Å². The van der Waals surface area contributed by atoms with E-state index in [4.69, 9.17) is 9.47 Å². The molecule has 1 aliphatic carbocycles. The van der Waals surface area contributed by atoms with Crippen LogP contribution in [0, 0.1) is 11.7 Å². The van der Waals surface area contributed by atoms with Gasteiger partial charge in [0.1, 0.15) is 11.6 Å². The smallest absolute Gasteiger partial charge is 0.308 e. The van der Waals surface area contributed by atoms with Crippen LogP contribution in [0.15, 0.2) is 24.3 Å². The van der Waals surface area contributed by atoms with Gasteiger partial charge in [0.2, 0.25) is 0 Å². The zero-order chi connectivity index (χ0) is 13.7. The Labute approximate surface area is 112 Å². The minimum Gasteiger partial charge on any atom is -0.490 e. The highest BCUT2D eigenvalue weighted by Crippen LogP contribution is 2.28. The molecule has 2 rings (SSSR count). The minimum atomic E-state index is -0.294. The molecule has 0 saturated heterocycles. The van der Waals surface area contributed by atoms with Gasteiger partial charge in [-0.25, -0.2) is 4.39 Å². The predicted octanol–water partition coefficient (Wildman–Crippen LogP) is 3.33. The molecular formula is C15H19FO3. The summed E-state index contributed by atoms with van der Waals surface area (Å²) in [6.45, 7) is 2.25. The molecule has 0 amide bonds. The van der Waals surface area contributed by atoms with Crippen molar-refractivity contribution >= 4 is 5.97 Å². The number of rotatable bonds is 4. The van der Waals surface area contributed by atoms with E-state index in [1.165, 1.54) is 12.1 Å². The molecule has 1 aliphatic rings. The topological polar surface area (TPSA) is 35.5 Å². The van der Waals surface area contributed by atoms with Gasteiger partial charge < -0.3 is 9.47 Å². The summed E-state index contributed by atoms with van der Waals surface area (Å²) < 4.78 is 23.8. The minimum absolute atomic E-state index is 0.00712. The van der Waals surface area contributed by atoms with Gasteiger partial charge in [0.15, 0.2) is 0 Å². The third kappa shape index (κ3) is 3.94. The first kappa shape index (κ1) is 13.8. The number of carbonyl (C=O) groups excluding carboxylic acids is 1. The fourth-order valence-corrected chi connectivity index (χ4v) is 2.41. The molecule has 19 heavy (non-hydrogen) atoms. The first-order chi connectivity index (χ1) is 9.19. The van der Waals surface area contributed by atoms with Crippen molar-refractivity contribution in [2.75, 3.05) is 6.61 Å². The van der Waals surface area contributed by atoms with Gasteiger partial charge >= 0.3 is 5.97 Å². The Morgan fingerprint density at radius 1 is 1.32 bits per heavy atom. The van der Waals surface area contributed by atoms with E-state index in [-0.39, 0.29) is 23.8 Å². The molecule has 104 valence electrons. The van der Waals surface area contributed by atoms with Gasteiger partial charge in [-0.15, -0.1) is 0 Å². The van der Waals surface area contributed by atoms with Crippen LogP contribution in [0.2, 0.25) is 0 Å². The van der Waals surface area contributed by atoms with Gasteiger partial charge in [0.05, 0.1) is 18.6 Å². The highest BCUT2D eigenvalue weighted by molar-refractivity contribution is 5.72.